The quantitative estimate of drug-likeness (QED) is 0.386. The molecule has 4 aromatic rings. The van der Waals surface area contributed by atoms with Gasteiger partial charge in [-0.25, -0.2) is 13.3 Å². The van der Waals surface area contributed by atoms with Crippen molar-refractivity contribution in [1.29, 1.82) is 0 Å². The van der Waals surface area contributed by atoms with Crippen LogP contribution in [0.3, 0.4) is 0 Å². The van der Waals surface area contributed by atoms with Crippen molar-refractivity contribution in [3.05, 3.63) is 101 Å². The van der Waals surface area contributed by atoms with Gasteiger partial charge < -0.3 is 0 Å². The number of benzene rings is 4. The minimum Gasteiger partial charge on any atom is -0.277 e. The van der Waals surface area contributed by atoms with E-state index in [4.69, 9.17) is 0 Å². The van der Waals surface area contributed by atoms with E-state index in [0.29, 0.717) is 5.39 Å². The summed E-state index contributed by atoms with van der Waals surface area (Å²) >= 11 is 0. The van der Waals surface area contributed by atoms with E-state index in [1.54, 1.807) is 12.1 Å². The number of rotatable bonds is 3. The summed E-state index contributed by atoms with van der Waals surface area (Å²) in [6.07, 6.45) is 0. The number of hydrogen-bond acceptors (Lipinski definition) is 6. The van der Waals surface area contributed by atoms with Gasteiger partial charge in [-0.1, -0.05) is 17.7 Å². The van der Waals surface area contributed by atoms with Crippen LogP contribution in [-0.2, 0) is 9.84 Å². The third kappa shape index (κ3) is 3.10. The van der Waals surface area contributed by atoms with Crippen molar-refractivity contribution in [2.75, 3.05) is 11.9 Å². The SMILES string of the molecule is Cc1ccc(S(=O)(=O)c2ccc(N3C(=O)c4ccc5c6c(ccc(c46)C3=O)C(=O)N(C)C5=O)cc2)cc1. The number of aryl methyl sites for hydroxylation is 1. The lowest BCUT2D eigenvalue weighted by atomic mass is 9.86. The molecule has 9 heteroatoms. The summed E-state index contributed by atoms with van der Waals surface area (Å²) in [5.74, 6) is -2.27. The Balaban J connectivity index is 1.44. The minimum absolute atomic E-state index is 0.0251. The molecule has 0 bridgehead atoms. The van der Waals surface area contributed by atoms with Gasteiger partial charge in [0.05, 0.1) is 15.5 Å². The van der Waals surface area contributed by atoms with E-state index in [0.717, 1.165) is 15.4 Å². The number of anilines is 1. The van der Waals surface area contributed by atoms with Crippen molar-refractivity contribution in [3.8, 4) is 0 Å². The van der Waals surface area contributed by atoms with E-state index in [2.05, 4.69) is 0 Å². The first-order valence-corrected chi connectivity index (χ1v) is 12.8. The largest absolute Gasteiger partial charge is 0.277 e. The third-order valence-electron chi connectivity index (χ3n) is 6.83. The summed E-state index contributed by atoms with van der Waals surface area (Å²) in [5, 5.41) is 0.568. The minimum atomic E-state index is -3.79. The molecule has 37 heavy (non-hydrogen) atoms. The number of imide groups is 2. The molecule has 0 spiro atoms. The van der Waals surface area contributed by atoms with Crippen molar-refractivity contribution in [2.24, 2.45) is 0 Å². The fourth-order valence-electron chi connectivity index (χ4n) is 4.86. The summed E-state index contributed by atoms with van der Waals surface area (Å²) in [4.78, 5) is 54.6. The average Bonchev–Trinajstić information content (AvgIpc) is 2.90. The summed E-state index contributed by atoms with van der Waals surface area (Å²) in [5.41, 5.74) is 1.98. The zero-order valence-electron chi connectivity index (χ0n) is 19.7. The van der Waals surface area contributed by atoms with Gasteiger partial charge in [-0.2, -0.15) is 0 Å². The second kappa shape index (κ2) is 7.68. The highest BCUT2D eigenvalue weighted by atomic mass is 32.2. The van der Waals surface area contributed by atoms with Crippen LogP contribution in [0.2, 0.25) is 0 Å². The smallest absolute Gasteiger partial charge is 0.265 e. The first-order chi connectivity index (χ1) is 17.6. The van der Waals surface area contributed by atoms with E-state index < -0.39 is 33.5 Å². The standard InChI is InChI=1S/C28H18N2O6S/c1-15-3-7-17(8-4-15)37(35,36)18-9-5-16(6-10-18)30-27(33)21-13-11-19-23-20(26(32)29(2)25(19)31)12-14-22(24(21)23)28(30)34/h3-14H,1-2H3. The predicted molar refractivity (Wildman–Crippen MR) is 135 cm³/mol. The van der Waals surface area contributed by atoms with E-state index >= 15 is 0 Å². The van der Waals surface area contributed by atoms with Crippen LogP contribution >= 0.6 is 0 Å². The summed E-state index contributed by atoms with van der Waals surface area (Å²) < 4.78 is 26.0. The van der Waals surface area contributed by atoms with Crippen LogP contribution in [0.4, 0.5) is 5.69 Å². The van der Waals surface area contributed by atoms with Crippen molar-refractivity contribution >= 4 is 49.9 Å². The van der Waals surface area contributed by atoms with Crippen molar-refractivity contribution in [1.82, 2.24) is 4.90 Å². The molecule has 0 saturated carbocycles. The predicted octanol–water partition coefficient (Wildman–Crippen LogP) is 4.01. The van der Waals surface area contributed by atoms with Crippen LogP contribution in [0.25, 0.3) is 10.8 Å². The number of nitrogens with zero attached hydrogens (tertiary/aromatic N) is 2. The van der Waals surface area contributed by atoms with Crippen LogP contribution in [-0.4, -0.2) is 44.0 Å². The Hall–Kier alpha value is -4.63. The molecule has 0 radical (unpaired) electrons. The van der Waals surface area contributed by atoms with Gasteiger partial charge in [0, 0.05) is 40.1 Å². The fraction of sp³-hybridized carbons (Fsp3) is 0.0714. The van der Waals surface area contributed by atoms with Gasteiger partial charge in [0.25, 0.3) is 23.6 Å². The van der Waals surface area contributed by atoms with Crippen molar-refractivity contribution in [2.45, 2.75) is 16.7 Å². The first kappa shape index (κ1) is 22.8. The molecular formula is C28H18N2O6S. The monoisotopic (exact) mass is 510 g/mol. The van der Waals surface area contributed by atoms with E-state index in [-0.39, 0.29) is 43.1 Å². The molecule has 0 aromatic heterocycles. The maximum Gasteiger partial charge on any atom is 0.265 e. The first-order valence-electron chi connectivity index (χ1n) is 11.3. The Bertz CT molecular complexity index is 1750. The summed E-state index contributed by atoms with van der Waals surface area (Å²) in [6.45, 7) is 1.86. The fourth-order valence-corrected chi connectivity index (χ4v) is 6.12. The van der Waals surface area contributed by atoms with Gasteiger partial charge >= 0.3 is 0 Å². The normalized spacial score (nSPS) is 15.1. The molecule has 4 amide bonds. The maximum atomic E-state index is 13.5. The number of sulfone groups is 1. The highest BCUT2D eigenvalue weighted by Crippen LogP contribution is 2.39. The zero-order valence-corrected chi connectivity index (χ0v) is 20.5. The lowest BCUT2D eigenvalue weighted by Crippen LogP contribution is -2.42. The molecule has 4 aromatic carbocycles. The topological polar surface area (TPSA) is 109 Å². The molecule has 0 unspecified atom stereocenters. The van der Waals surface area contributed by atoms with Gasteiger partial charge in [-0.05, 0) is 67.6 Å². The van der Waals surface area contributed by atoms with Crippen molar-refractivity contribution in [3.63, 3.8) is 0 Å². The molecule has 0 aliphatic carbocycles. The summed E-state index contributed by atoms with van der Waals surface area (Å²) in [6, 6.07) is 17.9. The van der Waals surface area contributed by atoms with E-state index in [9.17, 15) is 27.6 Å². The van der Waals surface area contributed by atoms with Crippen LogP contribution < -0.4 is 4.90 Å². The molecule has 182 valence electrons. The lowest BCUT2D eigenvalue weighted by molar-refractivity contribution is 0.0649. The van der Waals surface area contributed by atoms with Gasteiger partial charge in [-0.15, -0.1) is 0 Å². The highest BCUT2D eigenvalue weighted by molar-refractivity contribution is 7.91. The number of carbonyl (C=O) groups is 4. The van der Waals surface area contributed by atoms with Crippen LogP contribution in [0.1, 0.15) is 47.0 Å². The molecule has 0 N–H and O–H groups in total. The lowest BCUT2D eigenvalue weighted by Gasteiger charge is -2.30. The molecule has 0 fully saturated rings. The Morgan fingerprint density at radius 1 is 0.541 bits per heavy atom. The van der Waals surface area contributed by atoms with Crippen LogP contribution in [0.15, 0.2) is 82.6 Å². The molecule has 0 saturated heterocycles. The van der Waals surface area contributed by atoms with Gasteiger partial charge in [0.2, 0.25) is 9.84 Å². The number of amides is 4. The zero-order chi connectivity index (χ0) is 26.2. The third-order valence-corrected chi connectivity index (χ3v) is 8.62. The Kier molecular flexibility index (Phi) is 4.74. The van der Waals surface area contributed by atoms with Gasteiger partial charge in [0.1, 0.15) is 0 Å². The van der Waals surface area contributed by atoms with E-state index in [1.807, 2.05) is 6.92 Å². The Labute approximate surface area is 211 Å². The van der Waals surface area contributed by atoms with Gasteiger partial charge in [0.15, 0.2) is 0 Å². The molecule has 8 nitrogen and oxygen atoms in total. The molecule has 6 rings (SSSR count). The Morgan fingerprint density at radius 2 is 0.919 bits per heavy atom. The summed E-state index contributed by atoms with van der Waals surface area (Å²) in [7, 11) is -2.41. The molecule has 2 heterocycles. The second-order valence-electron chi connectivity index (χ2n) is 9.00. The van der Waals surface area contributed by atoms with E-state index in [1.165, 1.54) is 67.7 Å². The van der Waals surface area contributed by atoms with Crippen molar-refractivity contribution < 1.29 is 27.6 Å². The average molecular weight is 511 g/mol. The molecule has 0 atom stereocenters. The molecule has 2 aliphatic heterocycles. The second-order valence-corrected chi connectivity index (χ2v) is 10.9. The molecule has 2 aliphatic rings. The number of carbonyl (C=O) groups excluding carboxylic acids is 4. The van der Waals surface area contributed by atoms with Gasteiger partial charge in [-0.3, -0.25) is 24.1 Å². The number of hydrogen-bond donors (Lipinski definition) is 0. The van der Waals surface area contributed by atoms with Crippen LogP contribution in [0, 0.1) is 6.92 Å². The Morgan fingerprint density at radius 3 is 1.35 bits per heavy atom. The van der Waals surface area contributed by atoms with Crippen LogP contribution in [0.5, 0.6) is 0 Å². The molecular weight excluding hydrogens is 492 g/mol. The maximum absolute atomic E-state index is 13.5. The highest BCUT2D eigenvalue weighted by Gasteiger charge is 2.39.